The minimum absolute atomic E-state index is 0.00904. The fourth-order valence-electron chi connectivity index (χ4n) is 1.72. The first-order chi connectivity index (χ1) is 9.42. The van der Waals surface area contributed by atoms with Gasteiger partial charge in [-0.2, -0.15) is 0 Å². The average Bonchev–Trinajstić information content (AvgIpc) is 2.39. The molecule has 122 valence electrons. The van der Waals surface area contributed by atoms with Gasteiger partial charge in [0, 0.05) is 0 Å². The minimum Gasteiger partial charge on any atom is -0.505 e. The Labute approximate surface area is 154 Å². The van der Waals surface area contributed by atoms with Crippen LogP contribution in [0.25, 0.3) is 0 Å². The summed E-state index contributed by atoms with van der Waals surface area (Å²) in [5.74, 6) is 0.493. The van der Waals surface area contributed by atoms with Crippen LogP contribution in [0.15, 0.2) is 0 Å². The monoisotopic (exact) mass is 410 g/mol. The van der Waals surface area contributed by atoms with Gasteiger partial charge in [0.2, 0.25) is 0 Å². The van der Waals surface area contributed by atoms with Crippen molar-refractivity contribution in [2.75, 3.05) is 6.16 Å². The van der Waals surface area contributed by atoms with E-state index in [-0.39, 0.29) is 30.9 Å². The zero-order chi connectivity index (χ0) is 17.0. The van der Waals surface area contributed by atoms with Crippen molar-refractivity contribution in [3.63, 3.8) is 0 Å². The SMILES string of the molecule is CC(CP)CC(C)(C)C.Oc1c(Cl)c(Cl)c(Cl)c(Cl)c1Cl. The van der Waals surface area contributed by atoms with Crippen LogP contribution >= 0.6 is 67.2 Å². The molecule has 1 nitrogen and oxygen atoms in total. The molecule has 1 aromatic carbocycles. The van der Waals surface area contributed by atoms with E-state index in [1.807, 2.05) is 0 Å². The molecule has 1 N–H and O–H groups in total. The van der Waals surface area contributed by atoms with E-state index in [4.69, 9.17) is 58.0 Å². The summed E-state index contributed by atoms with van der Waals surface area (Å²) in [6.45, 7) is 9.19. The Hall–Kier alpha value is 0.900. The van der Waals surface area contributed by atoms with E-state index in [0.717, 1.165) is 5.92 Å². The van der Waals surface area contributed by atoms with Crippen LogP contribution in [0.4, 0.5) is 0 Å². The summed E-state index contributed by atoms with van der Waals surface area (Å²) in [4.78, 5) is 0. The molecule has 0 fully saturated rings. The fourth-order valence-corrected chi connectivity index (χ4v) is 3.02. The smallest absolute Gasteiger partial charge is 0.155 e. The molecular weight excluding hydrogens is 392 g/mol. The molecular formula is C14H20Cl5OP. The number of aromatic hydroxyl groups is 1. The van der Waals surface area contributed by atoms with Crippen LogP contribution in [-0.4, -0.2) is 11.3 Å². The third-order valence-corrected chi connectivity index (χ3v) is 5.61. The minimum atomic E-state index is -0.363. The van der Waals surface area contributed by atoms with E-state index in [1.165, 1.54) is 12.6 Å². The number of benzene rings is 1. The molecule has 0 amide bonds. The van der Waals surface area contributed by atoms with Crippen molar-refractivity contribution in [3.05, 3.63) is 25.1 Å². The maximum atomic E-state index is 9.20. The van der Waals surface area contributed by atoms with Crippen molar-refractivity contribution in [1.29, 1.82) is 0 Å². The third kappa shape index (κ3) is 7.34. The largest absolute Gasteiger partial charge is 0.505 e. The van der Waals surface area contributed by atoms with Gasteiger partial charge in [-0.25, -0.2) is 0 Å². The molecule has 21 heavy (non-hydrogen) atoms. The molecule has 2 unspecified atom stereocenters. The van der Waals surface area contributed by atoms with Crippen molar-refractivity contribution in [2.24, 2.45) is 11.3 Å². The maximum absolute atomic E-state index is 9.20. The molecule has 0 aliphatic heterocycles. The highest BCUT2D eigenvalue weighted by atomic mass is 35.5. The lowest BCUT2D eigenvalue weighted by Crippen LogP contribution is -2.11. The summed E-state index contributed by atoms with van der Waals surface area (Å²) in [6, 6.07) is 0. The predicted octanol–water partition coefficient (Wildman–Crippen LogP) is 7.59. The van der Waals surface area contributed by atoms with Crippen molar-refractivity contribution in [3.8, 4) is 5.75 Å². The van der Waals surface area contributed by atoms with Gasteiger partial charge in [0.25, 0.3) is 0 Å². The fraction of sp³-hybridized carbons (Fsp3) is 0.571. The standard InChI is InChI=1S/C8H19P.C6HCl5O/c1-7(6-9)5-8(2,3)4;7-1-2(8)4(10)6(12)5(11)3(1)9/h7H,5-6,9H2,1-4H3;12H. The second-order valence-corrected chi connectivity index (χ2v) is 8.39. The van der Waals surface area contributed by atoms with Gasteiger partial charge in [-0.1, -0.05) is 85.7 Å². The normalized spacial score (nSPS) is 12.7. The van der Waals surface area contributed by atoms with Crippen molar-refractivity contribution < 1.29 is 5.11 Å². The van der Waals surface area contributed by atoms with E-state index in [9.17, 15) is 5.11 Å². The van der Waals surface area contributed by atoms with Gasteiger partial charge in [-0.05, 0) is 23.9 Å². The summed E-state index contributed by atoms with van der Waals surface area (Å²) in [5, 5.41) is 9.01. The Morgan fingerprint density at radius 1 is 0.905 bits per heavy atom. The van der Waals surface area contributed by atoms with Crippen LogP contribution in [0.1, 0.15) is 34.1 Å². The zero-order valence-electron chi connectivity index (χ0n) is 12.4. The van der Waals surface area contributed by atoms with Crippen molar-refractivity contribution in [2.45, 2.75) is 34.1 Å². The summed E-state index contributed by atoms with van der Waals surface area (Å²) in [7, 11) is 2.80. The van der Waals surface area contributed by atoms with Crippen molar-refractivity contribution >= 4 is 67.2 Å². The number of phenolic OH excluding ortho intramolecular Hbond substituents is 1. The van der Waals surface area contributed by atoms with E-state index in [2.05, 4.69) is 36.9 Å². The first-order valence-electron chi connectivity index (χ1n) is 6.32. The van der Waals surface area contributed by atoms with E-state index in [1.54, 1.807) is 0 Å². The van der Waals surface area contributed by atoms with Crippen LogP contribution in [-0.2, 0) is 0 Å². The molecule has 1 rings (SSSR count). The molecule has 0 heterocycles. The number of phenols is 1. The van der Waals surface area contributed by atoms with Crippen LogP contribution in [0.2, 0.25) is 25.1 Å². The molecule has 0 spiro atoms. The number of halogens is 5. The Kier molecular flexibility index (Phi) is 9.65. The molecule has 7 heteroatoms. The van der Waals surface area contributed by atoms with Gasteiger partial charge in [0.15, 0.2) is 5.75 Å². The van der Waals surface area contributed by atoms with Gasteiger partial charge < -0.3 is 5.11 Å². The maximum Gasteiger partial charge on any atom is 0.155 e. The van der Waals surface area contributed by atoms with Crippen LogP contribution in [0.3, 0.4) is 0 Å². The number of hydrogen-bond acceptors (Lipinski definition) is 1. The van der Waals surface area contributed by atoms with E-state index < -0.39 is 0 Å². The highest BCUT2D eigenvalue weighted by Gasteiger charge is 2.18. The third-order valence-electron chi connectivity index (χ3n) is 2.55. The topological polar surface area (TPSA) is 20.2 Å². The van der Waals surface area contributed by atoms with Crippen LogP contribution in [0.5, 0.6) is 5.75 Å². The number of rotatable bonds is 2. The molecule has 0 saturated heterocycles. The quantitative estimate of drug-likeness (QED) is 0.301. The lowest BCUT2D eigenvalue weighted by Gasteiger charge is -2.21. The molecule has 0 radical (unpaired) electrons. The summed E-state index contributed by atoms with van der Waals surface area (Å²) >= 11 is 27.9. The Balaban J connectivity index is 0.000000400. The Morgan fingerprint density at radius 3 is 1.48 bits per heavy atom. The second kappa shape index (κ2) is 9.26. The Morgan fingerprint density at radius 2 is 1.24 bits per heavy atom. The van der Waals surface area contributed by atoms with Crippen molar-refractivity contribution in [1.82, 2.24) is 0 Å². The highest BCUT2D eigenvalue weighted by molar-refractivity contribution is 7.16. The Bertz CT molecular complexity index is 380. The van der Waals surface area contributed by atoms with Gasteiger partial charge >= 0.3 is 0 Å². The first kappa shape index (κ1) is 21.9. The van der Waals surface area contributed by atoms with Gasteiger partial charge in [-0.3, -0.25) is 0 Å². The molecule has 2 atom stereocenters. The molecule has 0 aromatic heterocycles. The second-order valence-electron chi connectivity index (χ2n) is 6.02. The van der Waals surface area contributed by atoms with Gasteiger partial charge in [0.05, 0.1) is 15.1 Å². The molecule has 0 bridgehead atoms. The van der Waals surface area contributed by atoms with Crippen LogP contribution < -0.4 is 0 Å². The molecule has 0 aliphatic carbocycles. The van der Waals surface area contributed by atoms with Gasteiger partial charge in [-0.15, -0.1) is 9.24 Å². The van der Waals surface area contributed by atoms with Crippen LogP contribution in [0, 0.1) is 11.3 Å². The van der Waals surface area contributed by atoms with Gasteiger partial charge in [0.1, 0.15) is 10.0 Å². The highest BCUT2D eigenvalue weighted by Crippen LogP contribution is 2.47. The molecule has 0 aliphatic rings. The first-order valence-corrected chi connectivity index (χ1v) is 9.03. The summed E-state index contributed by atoms with van der Waals surface area (Å²) in [5.41, 5.74) is 0.510. The zero-order valence-corrected chi connectivity index (χ0v) is 17.3. The molecule has 1 aromatic rings. The van der Waals surface area contributed by atoms with E-state index in [0.29, 0.717) is 5.41 Å². The lowest BCUT2D eigenvalue weighted by atomic mass is 9.86. The lowest BCUT2D eigenvalue weighted by molar-refractivity contribution is 0.323. The summed E-state index contributed by atoms with van der Waals surface area (Å²) < 4.78 is 0. The van der Waals surface area contributed by atoms with E-state index >= 15 is 0 Å². The molecule has 0 saturated carbocycles. The predicted molar refractivity (Wildman–Crippen MR) is 101 cm³/mol. The summed E-state index contributed by atoms with van der Waals surface area (Å²) in [6.07, 6.45) is 2.56. The average molecular weight is 413 g/mol. The number of hydrogen-bond donors (Lipinski definition) is 1.